The average Bonchev–Trinajstić information content (AvgIpc) is 2.86. The van der Waals surface area contributed by atoms with Gasteiger partial charge in [-0.3, -0.25) is 14.4 Å². The second kappa shape index (κ2) is 5.10. The van der Waals surface area contributed by atoms with Gasteiger partial charge in [-0.2, -0.15) is 0 Å². The van der Waals surface area contributed by atoms with E-state index in [-0.39, 0.29) is 16.5 Å². The SMILES string of the molecule is CC1CN(S(=O)(=O)c2ccc([N+](=O)[O-])cc2)c2ccccc21. The van der Waals surface area contributed by atoms with Gasteiger partial charge in [0, 0.05) is 24.6 Å². The summed E-state index contributed by atoms with van der Waals surface area (Å²) in [5.74, 6) is 0.115. The Labute approximate surface area is 128 Å². The van der Waals surface area contributed by atoms with Gasteiger partial charge in [0.05, 0.1) is 15.5 Å². The van der Waals surface area contributed by atoms with Gasteiger partial charge in [0.15, 0.2) is 0 Å². The van der Waals surface area contributed by atoms with Crippen LogP contribution in [0.3, 0.4) is 0 Å². The number of sulfonamides is 1. The van der Waals surface area contributed by atoms with E-state index in [1.54, 1.807) is 12.1 Å². The number of hydrogen-bond acceptors (Lipinski definition) is 4. The van der Waals surface area contributed by atoms with Crippen molar-refractivity contribution in [3.63, 3.8) is 0 Å². The van der Waals surface area contributed by atoms with Crippen LogP contribution in [0, 0.1) is 10.1 Å². The van der Waals surface area contributed by atoms with Crippen molar-refractivity contribution in [1.82, 2.24) is 0 Å². The lowest BCUT2D eigenvalue weighted by atomic mass is 10.0. The highest BCUT2D eigenvalue weighted by Gasteiger charge is 2.34. The summed E-state index contributed by atoms with van der Waals surface area (Å²) in [4.78, 5) is 10.2. The topological polar surface area (TPSA) is 80.5 Å². The number of hydrogen-bond donors (Lipinski definition) is 0. The molecule has 1 atom stereocenters. The molecule has 0 N–H and O–H groups in total. The molecule has 22 heavy (non-hydrogen) atoms. The number of rotatable bonds is 3. The highest BCUT2D eigenvalue weighted by atomic mass is 32.2. The Morgan fingerprint density at radius 2 is 1.77 bits per heavy atom. The molecule has 0 saturated carbocycles. The van der Waals surface area contributed by atoms with Crippen LogP contribution in [0.4, 0.5) is 11.4 Å². The Hall–Kier alpha value is -2.41. The maximum absolute atomic E-state index is 12.8. The first-order chi connectivity index (χ1) is 10.4. The third kappa shape index (κ3) is 2.23. The van der Waals surface area contributed by atoms with Crippen molar-refractivity contribution in [3.05, 3.63) is 64.2 Å². The first-order valence-electron chi connectivity index (χ1n) is 6.77. The molecule has 1 aliphatic rings. The lowest BCUT2D eigenvalue weighted by Gasteiger charge is -2.19. The van der Waals surface area contributed by atoms with E-state index in [9.17, 15) is 18.5 Å². The highest BCUT2D eigenvalue weighted by molar-refractivity contribution is 7.92. The van der Waals surface area contributed by atoms with Gasteiger partial charge in [-0.25, -0.2) is 8.42 Å². The van der Waals surface area contributed by atoms with E-state index in [4.69, 9.17) is 0 Å². The van der Waals surface area contributed by atoms with Crippen LogP contribution >= 0.6 is 0 Å². The molecule has 7 heteroatoms. The lowest BCUT2D eigenvalue weighted by molar-refractivity contribution is -0.384. The lowest BCUT2D eigenvalue weighted by Crippen LogP contribution is -2.29. The third-order valence-corrected chi connectivity index (χ3v) is 5.61. The van der Waals surface area contributed by atoms with E-state index in [0.29, 0.717) is 12.2 Å². The summed E-state index contributed by atoms with van der Waals surface area (Å²) in [6.45, 7) is 2.35. The fourth-order valence-corrected chi connectivity index (χ4v) is 4.25. The Morgan fingerprint density at radius 3 is 2.41 bits per heavy atom. The molecule has 2 aromatic rings. The molecule has 0 spiro atoms. The van der Waals surface area contributed by atoms with Gasteiger partial charge in [-0.15, -0.1) is 0 Å². The maximum atomic E-state index is 12.8. The molecule has 1 unspecified atom stereocenters. The van der Waals surface area contributed by atoms with Gasteiger partial charge >= 0.3 is 0 Å². The zero-order valence-electron chi connectivity index (χ0n) is 11.8. The standard InChI is InChI=1S/C15H14N2O4S/c1-11-10-16(15-5-3-2-4-14(11)15)22(20,21)13-8-6-12(7-9-13)17(18)19/h2-9,11H,10H2,1H3. The number of benzene rings is 2. The average molecular weight is 318 g/mol. The molecule has 0 aliphatic carbocycles. The van der Waals surface area contributed by atoms with Gasteiger partial charge in [-0.05, 0) is 23.8 Å². The summed E-state index contributed by atoms with van der Waals surface area (Å²) < 4.78 is 26.9. The molecule has 3 rings (SSSR count). The molecule has 0 saturated heterocycles. The van der Waals surface area contributed by atoms with Crippen LogP contribution in [0.5, 0.6) is 0 Å². The predicted octanol–water partition coefficient (Wildman–Crippen LogP) is 2.91. The van der Waals surface area contributed by atoms with Gasteiger partial charge in [0.25, 0.3) is 15.7 Å². The van der Waals surface area contributed by atoms with E-state index in [1.165, 1.54) is 28.6 Å². The quantitative estimate of drug-likeness (QED) is 0.643. The molecule has 0 fully saturated rings. The molecule has 0 radical (unpaired) electrons. The van der Waals surface area contributed by atoms with Gasteiger partial charge in [-0.1, -0.05) is 25.1 Å². The number of fused-ring (bicyclic) bond motifs is 1. The molecular weight excluding hydrogens is 304 g/mol. The van der Waals surface area contributed by atoms with Crippen molar-refractivity contribution in [2.24, 2.45) is 0 Å². The van der Waals surface area contributed by atoms with Crippen molar-refractivity contribution in [2.75, 3.05) is 10.8 Å². The van der Waals surface area contributed by atoms with Crippen molar-refractivity contribution < 1.29 is 13.3 Å². The minimum Gasteiger partial charge on any atom is -0.265 e. The normalized spacial score (nSPS) is 17.3. The predicted molar refractivity (Wildman–Crippen MR) is 82.5 cm³/mol. The molecule has 2 aromatic carbocycles. The first-order valence-corrected chi connectivity index (χ1v) is 8.21. The van der Waals surface area contributed by atoms with Crippen LogP contribution in [0.1, 0.15) is 18.4 Å². The highest BCUT2D eigenvalue weighted by Crippen LogP contribution is 2.39. The molecule has 0 aromatic heterocycles. The smallest absolute Gasteiger partial charge is 0.265 e. The van der Waals surface area contributed by atoms with Crippen molar-refractivity contribution in [1.29, 1.82) is 0 Å². The molecule has 1 heterocycles. The number of anilines is 1. The minimum absolute atomic E-state index is 0.0574. The summed E-state index contributed by atoms with van der Waals surface area (Å²) in [5.41, 5.74) is 1.54. The molecule has 6 nitrogen and oxygen atoms in total. The van der Waals surface area contributed by atoms with Crippen LogP contribution < -0.4 is 4.31 Å². The fourth-order valence-electron chi connectivity index (χ4n) is 2.67. The molecule has 0 amide bonds. The third-order valence-electron chi connectivity index (χ3n) is 3.81. The Bertz CT molecular complexity index is 831. The molecule has 1 aliphatic heterocycles. The van der Waals surface area contributed by atoms with E-state index < -0.39 is 14.9 Å². The van der Waals surface area contributed by atoms with E-state index in [2.05, 4.69) is 0 Å². The molecule has 114 valence electrons. The van der Waals surface area contributed by atoms with Crippen LogP contribution in [0.25, 0.3) is 0 Å². The minimum atomic E-state index is -3.72. The number of nitrogens with zero attached hydrogens (tertiary/aromatic N) is 2. The molecule has 0 bridgehead atoms. The number of nitro benzene ring substituents is 1. The Kier molecular flexibility index (Phi) is 3.37. The van der Waals surface area contributed by atoms with Crippen LogP contribution in [-0.4, -0.2) is 19.9 Å². The van der Waals surface area contributed by atoms with Gasteiger partial charge in [0.1, 0.15) is 0 Å². The van der Waals surface area contributed by atoms with Crippen LogP contribution in [0.2, 0.25) is 0 Å². The number of para-hydroxylation sites is 1. The summed E-state index contributed by atoms with van der Waals surface area (Å²) >= 11 is 0. The zero-order chi connectivity index (χ0) is 15.9. The van der Waals surface area contributed by atoms with Crippen molar-refractivity contribution in [2.45, 2.75) is 17.7 Å². The van der Waals surface area contributed by atoms with E-state index >= 15 is 0 Å². The largest absolute Gasteiger partial charge is 0.269 e. The van der Waals surface area contributed by atoms with Gasteiger partial charge in [0.2, 0.25) is 0 Å². The monoisotopic (exact) mass is 318 g/mol. The maximum Gasteiger partial charge on any atom is 0.269 e. The fraction of sp³-hybridized carbons (Fsp3) is 0.200. The van der Waals surface area contributed by atoms with E-state index in [1.807, 2.05) is 19.1 Å². The summed E-state index contributed by atoms with van der Waals surface area (Å²) in [5, 5.41) is 10.7. The second-order valence-electron chi connectivity index (χ2n) is 5.25. The number of non-ortho nitro benzene ring substituents is 1. The van der Waals surface area contributed by atoms with Crippen molar-refractivity contribution in [3.8, 4) is 0 Å². The van der Waals surface area contributed by atoms with Gasteiger partial charge < -0.3 is 0 Å². The molecular formula is C15H14N2O4S. The Balaban J connectivity index is 2.02. The summed E-state index contributed by atoms with van der Waals surface area (Å²) in [6.07, 6.45) is 0. The van der Waals surface area contributed by atoms with E-state index in [0.717, 1.165) is 5.56 Å². The van der Waals surface area contributed by atoms with Crippen molar-refractivity contribution >= 4 is 21.4 Å². The Morgan fingerprint density at radius 1 is 1.14 bits per heavy atom. The second-order valence-corrected chi connectivity index (χ2v) is 7.11. The zero-order valence-corrected chi connectivity index (χ0v) is 12.7. The summed E-state index contributed by atoms with van der Waals surface area (Å²) in [7, 11) is -3.72. The number of nitro groups is 1. The van der Waals surface area contributed by atoms with Crippen LogP contribution in [-0.2, 0) is 10.0 Å². The first kappa shape index (κ1) is 14.5. The summed E-state index contributed by atoms with van der Waals surface area (Å²) in [6, 6.07) is 12.4. The van der Waals surface area contributed by atoms with Crippen LogP contribution in [0.15, 0.2) is 53.4 Å².